The predicted molar refractivity (Wildman–Crippen MR) is 71.6 cm³/mol. The van der Waals surface area contributed by atoms with E-state index in [1.807, 2.05) is 20.8 Å². The van der Waals surface area contributed by atoms with Gasteiger partial charge in [-0.05, 0) is 31.9 Å². The lowest BCUT2D eigenvalue weighted by molar-refractivity contribution is 0.660. The minimum absolute atomic E-state index is 0.0159. The van der Waals surface area contributed by atoms with Crippen molar-refractivity contribution in [3.63, 3.8) is 0 Å². The number of nitrogens with two attached hydrogens (primary N) is 1. The van der Waals surface area contributed by atoms with Crippen LogP contribution >= 0.6 is 0 Å². The van der Waals surface area contributed by atoms with Crippen molar-refractivity contribution >= 4 is 5.69 Å². The van der Waals surface area contributed by atoms with E-state index in [9.17, 15) is 4.79 Å². The molecule has 0 saturated heterocycles. The Morgan fingerprint density at radius 1 is 1.28 bits per heavy atom. The van der Waals surface area contributed by atoms with Crippen LogP contribution in [-0.4, -0.2) is 14.1 Å². The minimum atomic E-state index is -0.0159. The second kappa shape index (κ2) is 4.68. The van der Waals surface area contributed by atoms with Gasteiger partial charge in [0.25, 0.3) is 0 Å². The highest BCUT2D eigenvalue weighted by Gasteiger charge is 2.09. The van der Waals surface area contributed by atoms with Gasteiger partial charge in [0, 0.05) is 30.8 Å². The molecule has 0 bridgehead atoms. The topological polar surface area (TPSA) is 65.8 Å². The van der Waals surface area contributed by atoms with Crippen LogP contribution in [0.3, 0.4) is 0 Å². The summed E-state index contributed by atoms with van der Waals surface area (Å²) in [4.78, 5) is 16.3. The number of hydrogen-bond donors (Lipinski definition) is 1. The molecule has 0 spiro atoms. The van der Waals surface area contributed by atoms with E-state index in [1.54, 1.807) is 27.7 Å². The molecule has 2 aromatic heterocycles. The molecule has 2 heterocycles. The summed E-state index contributed by atoms with van der Waals surface area (Å²) in [5.41, 5.74) is 9.47. The Bertz CT molecular complexity index is 624. The molecule has 5 nitrogen and oxygen atoms in total. The first-order valence-corrected chi connectivity index (χ1v) is 6.00. The molecule has 0 atom stereocenters. The predicted octanol–water partition coefficient (Wildman–Crippen LogP) is 1.31. The lowest BCUT2D eigenvalue weighted by atomic mass is 10.1. The molecule has 0 radical (unpaired) electrons. The van der Waals surface area contributed by atoms with E-state index in [2.05, 4.69) is 4.98 Å². The van der Waals surface area contributed by atoms with Crippen molar-refractivity contribution in [3.8, 4) is 0 Å². The summed E-state index contributed by atoms with van der Waals surface area (Å²) in [5.74, 6) is 0. The number of nitrogen functional groups attached to an aromatic ring is 1. The van der Waals surface area contributed by atoms with Crippen molar-refractivity contribution in [1.82, 2.24) is 14.1 Å². The molecular weight excluding hydrogens is 228 g/mol. The third-order valence-electron chi connectivity index (χ3n) is 3.25. The number of nitrogens with zero attached hydrogens (tertiary/aromatic N) is 3. The normalized spacial score (nSPS) is 10.8. The summed E-state index contributed by atoms with van der Waals surface area (Å²) in [6.07, 6.45) is 5.32. The number of aryl methyl sites for hydroxylation is 2. The second-order valence-electron chi connectivity index (χ2n) is 4.42. The first-order chi connectivity index (χ1) is 8.54. The lowest BCUT2D eigenvalue weighted by Crippen LogP contribution is -2.24. The smallest absolute Gasteiger partial charge is 0.328 e. The van der Waals surface area contributed by atoms with Crippen molar-refractivity contribution in [1.29, 1.82) is 0 Å². The van der Waals surface area contributed by atoms with Crippen LogP contribution in [0, 0.1) is 13.8 Å². The molecule has 0 aromatic carbocycles. The zero-order valence-corrected chi connectivity index (χ0v) is 11.0. The molecular formula is C13H18N4O. The Kier molecular flexibility index (Phi) is 3.23. The van der Waals surface area contributed by atoms with Crippen LogP contribution in [0.25, 0.3) is 0 Å². The average molecular weight is 246 g/mol. The Balaban J connectivity index is 2.37. The van der Waals surface area contributed by atoms with Gasteiger partial charge in [-0.25, -0.2) is 4.79 Å². The summed E-state index contributed by atoms with van der Waals surface area (Å²) in [6, 6.07) is 0. The van der Waals surface area contributed by atoms with Gasteiger partial charge in [0.2, 0.25) is 0 Å². The van der Waals surface area contributed by atoms with E-state index < -0.39 is 0 Å². The number of imidazole rings is 1. The summed E-state index contributed by atoms with van der Waals surface area (Å²) < 4.78 is 3.31. The quantitative estimate of drug-likeness (QED) is 0.888. The highest BCUT2D eigenvalue weighted by atomic mass is 16.1. The fourth-order valence-corrected chi connectivity index (χ4v) is 1.93. The van der Waals surface area contributed by atoms with Crippen LogP contribution in [0.5, 0.6) is 0 Å². The lowest BCUT2D eigenvalue weighted by Gasteiger charge is -2.09. The summed E-state index contributed by atoms with van der Waals surface area (Å²) in [5, 5.41) is 0. The van der Waals surface area contributed by atoms with Crippen LogP contribution in [0.1, 0.15) is 23.7 Å². The Morgan fingerprint density at radius 2 is 1.94 bits per heavy atom. The maximum atomic E-state index is 11.9. The number of hydrogen-bond acceptors (Lipinski definition) is 3. The van der Waals surface area contributed by atoms with Crippen LogP contribution in [0.4, 0.5) is 5.69 Å². The number of anilines is 1. The molecule has 2 rings (SSSR count). The van der Waals surface area contributed by atoms with Gasteiger partial charge in [-0.3, -0.25) is 14.1 Å². The molecule has 2 N–H and O–H groups in total. The van der Waals surface area contributed by atoms with E-state index in [0.29, 0.717) is 13.1 Å². The molecule has 0 aliphatic heterocycles. The van der Waals surface area contributed by atoms with Gasteiger partial charge in [-0.15, -0.1) is 0 Å². The van der Waals surface area contributed by atoms with Gasteiger partial charge in [0.15, 0.2) is 0 Å². The highest BCUT2D eigenvalue weighted by molar-refractivity contribution is 5.53. The Hall–Kier alpha value is -2.04. The molecule has 18 heavy (non-hydrogen) atoms. The number of rotatable bonds is 3. The molecule has 0 fully saturated rings. The van der Waals surface area contributed by atoms with E-state index in [-0.39, 0.29) is 5.69 Å². The first kappa shape index (κ1) is 12.4. The fraction of sp³-hybridized carbons (Fsp3) is 0.385. The number of aromatic nitrogens is 3. The number of pyridine rings is 1. The van der Waals surface area contributed by atoms with Gasteiger partial charge in [0.1, 0.15) is 0 Å². The van der Waals surface area contributed by atoms with Crippen molar-refractivity contribution in [2.24, 2.45) is 0 Å². The van der Waals surface area contributed by atoms with Crippen LogP contribution in [-0.2, 0) is 13.1 Å². The third kappa shape index (κ3) is 2.03. The second-order valence-corrected chi connectivity index (χ2v) is 4.42. The van der Waals surface area contributed by atoms with Crippen LogP contribution < -0.4 is 11.4 Å². The first-order valence-electron chi connectivity index (χ1n) is 6.00. The average Bonchev–Trinajstić information content (AvgIpc) is 2.71. The summed E-state index contributed by atoms with van der Waals surface area (Å²) in [7, 11) is 0. The standard InChI is InChI=1S/C13H18N4O/c1-4-16-5-6-17(13(16)18)8-11-10(3)12(14)9(2)7-15-11/h5-7H,4,8H2,1-3H3,(H2,14,15). The SMILES string of the molecule is CCn1ccn(Cc2ncc(C)c(N)c2C)c1=O. The maximum absolute atomic E-state index is 11.9. The van der Waals surface area contributed by atoms with E-state index in [1.165, 1.54) is 0 Å². The Labute approximate surface area is 106 Å². The van der Waals surface area contributed by atoms with Crippen molar-refractivity contribution in [2.75, 3.05) is 5.73 Å². The zero-order chi connectivity index (χ0) is 13.3. The highest BCUT2D eigenvalue weighted by Crippen LogP contribution is 2.18. The van der Waals surface area contributed by atoms with Gasteiger partial charge in [0.05, 0.1) is 12.2 Å². The zero-order valence-electron chi connectivity index (χ0n) is 11.0. The van der Waals surface area contributed by atoms with Crippen LogP contribution in [0.2, 0.25) is 0 Å². The molecule has 0 amide bonds. The molecule has 0 aliphatic carbocycles. The largest absolute Gasteiger partial charge is 0.398 e. The van der Waals surface area contributed by atoms with Crippen molar-refractivity contribution < 1.29 is 0 Å². The van der Waals surface area contributed by atoms with Gasteiger partial charge >= 0.3 is 5.69 Å². The van der Waals surface area contributed by atoms with Gasteiger partial charge in [-0.1, -0.05) is 0 Å². The molecule has 96 valence electrons. The van der Waals surface area contributed by atoms with E-state index in [4.69, 9.17) is 5.73 Å². The molecule has 0 saturated carbocycles. The van der Waals surface area contributed by atoms with E-state index in [0.717, 1.165) is 22.5 Å². The van der Waals surface area contributed by atoms with Crippen LogP contribution in [0.15, 0.2) is 23.4 Å². The van der Waals surface area contributed by atoms with Gasteiger partial charge in [-0.2, -0.15) is 0 Å². The van der Waals surface area contributed by atoms with Crippen molar-refractivity contribution in [2.45, 2.75) is 33.9 Å². The minimum Gasteiger partial charge on any atom is -0.398 e. The fourth-order valence-electron chi connectivity index (χ4n) is 1.93. The third-order valence-corrected chi connectivity index (χ3v) is 3.25. The van der Waals surface area contributed by atoms with E-state index >= 15 is 0 Å². The molecule has 2 aromatic rings. The molecule has 0 unspecified atom stereocenters. The summed E-state index contributed by atoms with van der Waals surface area (Å²) >= 11 is 0. The molecule has 5 heteroatoms. The summed E-state index contributed by atoms with van der Waals surface area (Å²) in [6.45, 7) is 6.95. The molecule has 0 aliphatic rings. The monoisotopic (exact) mass is 246 g/mol. The Morgan fingerprint density at radius 3 is 2.56 bits per heavy atom. The maximum Gasteiger partial charge on any atom is 0.328 e. The van der Waals surface area contributed by atoms with Gasteiger partial charge < -0.3 is 5.73 Å². The van der Waals surface area contributed by atoms with Crippen molar-refractivity contribution in [3.05, 3.63) is 45.9 Å².